The fraction of sp³-hybridized carbons (Fsp3) is 0.277. The summed E-state index contributed by atoms with van der Waals surface area (Å²) >= 11 is 1.95. The van der Waals surface area contributed by atoms with Crippen molar-refractivity contribution in [2.75, 3.05) is 5.75 Å². The maximum atomic E-state index is 4.60. The minimum Gasteiger partial charge on any atom is -0.120 e. The minimum atomic E-state index is 0.0703. The van der Waals surface area contributed by atoms with Crippen LogP contribution in [-0.2, 0) is 5.41 Å². The molecule has 0 saturated heterocycles. The predicted molar refractivity (Wildman–Crippen MR) is 220 cm³/mol. The van der Waals surface area contributed by atoms with Gasteiger partial charge in [0.2, 0.25) is 0 Å². The van der Waals surface area contributed by atoms with Crippen molar-refractivity contribution < 1.29 is 0 Å². The van der Waals surface area contributed by atoms with Gasteiger partial charge in [0.1, 0.15) is 0 Å². The summed E-state index contributed by atoms with van der Waals surface area (Å²) in [5.74, 6) is 3.93. The molecular weight excluding hydrogens is 597 g/mol. The van der Waals surface area contributed by atoms with E-state index in [9.17, 15) is 0 Å². The van der Waals surface area contributed by atoms with Crippen LogP contribution in [0.2, 0.25) is 0 Å². The lowest BCUT2D eigenvalue weighted by molar-refractivity contribution is 0.653. The maximum Gasteiger partial charge on any atom is 0.0238 e. The van der Waals surface area contributed by atoms with Crippen molar-refractivity contribution in [2.24, 2.45) is 0 Å². The Morgan fingerprint density at radius 3 is 2.15 bits per heavy atom. The molecule has 0 nitrogen and oxygen atoms in total. The fourth-order valence-electron chi connectivity index (χ4n) is 5.80. The van der Waals surface area contributed by atoms with Crippen molar-refractivity contribution in [1.29, 1.82) is 0 Å². The number of terminal acetylenes is 1. The molecule has 0 aromatic heterocycles. The molecule has 0 N–H and O–H groups in total. The van der Waals surface area contributed by atoms with Gasteiger partial charge in [-0.25, -0.2) is 0 Å². The summed E-state index contributed by atoms with van der Waals surface area (Å²) in [6.45, 7) is 29.0. The normalized spacial score (nSPS) is 14.9. The molecule has 0 unspecified atom stereocenters. The Morgan fingerprint density at radius 2 is 1.54 bits per heavy atom. The van der Waals surface area contributed by atoms with Crippen LogP contribution in [0, 0.1) is 33.1 Å². The largest absolute Gasteiger partial charge is 0.120 e. The minimum absolute atomic E-state index is 0.0703. The second kappa shape index (κ2) is 19.5. The van der Waals surface area contributed by atoms with Gasteiger partial charge < -0.3 is 0 Å². The molecule has 250 valence electrons. The molecule has 2 aliphatic rings. The molecule has 1 aliphatic heterocycles. The summed E-state index contributed by atoms with van der Waals surface area (Å²) in [4.78, 5) is 1.46. The van der Waals surface area contributed by atoms with Gasteiger partial charge in [0, 0.05) is 16.1 Å². The van der Waals surface area contributed by atoms with Crippen LogP contribution in [0.4, 0.5) is 0 Å². The first-order chi connectivity index (χ1) is 22.9. The number of allylic oxidation sites excluding steroid dienone is 10. The highest BCUT2D eigenvalue weighted by Crippen LogP contribution is 2.48. The van der Waals surface area contributed by atoms with Gasteiger partial charge in [-0.05, 0) is 109 Å². The van der Waals surface area contributed by atoms with Crippen LogP contribution in [0.5, 0.6) is 0 Å². The van der Waals surface area contributed by atoms with Crippen LogP contribution in [0.25, 0.3) is 17.2 Å². The Labute approximate surface area is 297 Å². The Bertz CT molecular complexity index is 1750. The van der Waals surface area contributed by atoms with E-state index < -0.39 is 0 Å². The van der Waals surface area contributed by atoms with Crippen LogP contribution in [0.3, 0.4) is 0 Å². The highest BCUT2D eigenvalue weighted by atomic mass is 32.2. The van der Waals surface area contributed by atoms with Crippen molar-refractivity contribution in [3.8, 4) is 12.3 Å². The Balaban J connectivity index is 0.000000246. The first kappa shape index (κ1) is 39.9. The van der Waals surface area contributed by atoms with E-state index in [0.717, 1.165) is 5.75 Å². The second-order valence-corrected chi connectivity index (χ2v) is 13.7. The Morgan fingerprint density at radius 1 is 0.875 bits per heavy atom. The molecule has 48 heavy (non-hydrogen) atoms. The quantitative estimate of drug-likeness (QED) is 0.189. The van der Waals surface area contributed by atoms with Crippen molar-refractivity contribution in [3.63, 3.8) is 0 Å². The SMILES string of the molecule is C#CC.C/C=C\C=C1/CSc2c(C)cccc21.C=C/C=C\c1cccc(C)c1C.C=CC1=C(/C=C\C)C(C)(C)c2ccc(C(C)C)cc21. The predicted octanol–water partition coefficient (Wildman–Crippen LogP) is 13.8. The number of fused-ring (bicyclic) bond motifs is 2. The van der Waals surface area contributed by atoms with Crippen LogP contribution in [0.15, 0.2) is 127 Å². The van der Waals surface area contributed by atoms with E-state index in [4.69, 9.17) is 0 Å². The van der Waals surface area contributed by atoms with Gasteiger partial charge in [0.25, 0.3) is 0 Å². The summed E-state index contributed by atoms with van der Waals surface area (Å²) in [7, 11) is 0. The average molecular weight is 653 g/mol. The first-order valence-electron chi connectivity index (χ1n) is 16.8. The topological polar surface area (TPSA) is 0 Å². The van der Waals surface area contributed by atoms with Crippen molar-refractivity contribution in [2.45, 2.75) is 85.5 Å². The molecule has 1 heteroatoms. The highest BCUT2D eigenvalue weighted by molar-refractivity contribution is 8.00. The summed E-state index contributed by atoms with van der Waals surface area (Å²) in [5, 5.41) is 0. The molecule has 0 atom stereocenters. The molecule has 1 aliphatic carbocycles. The van der Waals surface area contributed by atoms with Gasteiger partial charge in [-0.3, -0.25) is 0 Å². The van der Waals surface area contributed by atoms with E-state index in [0.29, 0.717) is 5.92 Å². The summed E-state index contributed by atoms with van der Waals surface area (Å²) in [6, 6.07) is 19.8. The third-order valence-electron chi connectivity index (χ3n) is 8.65. The monoisotopic (exact) mass is 652 g/mol. The van der Waals surface area contributed by atoms with E-state index in [1.165, 1.54) is 66.1 Å². The van der Waals surface area contributed by atoms with Gasteiger partial charge >= 0.3 is 0 Å². The molecule has 5 rings (SSSR count). The average Bonchev–Trinajstić information content (AvgIpc) is 3.58. The van der Waals surface area contributed by atoms with Crippen molar-refractivity contribution >= 4 is 29.0 Å². The third kappa shape index (κ3) is 10.1. The number of rotatable bonds is 6. The lowest BCUT2D eigenvalue weighted by Gasteiger charge is -2.23. The third-order valence-corrected chi connectivity index (χ3v) is 9.94. The van der Waals surface area contributed by atoms with E-state index in [1.807, 2.05) is 23.9 Å². The zero-order valence-electron chi connectivity index (χ0n) is 31.1. The molecular formula is C47H56S. The molecule has 1 heterocycles. The smallest absolute Gasteiger partial charge is 0.0238 e. The van der Waals surface area contributed by atoms with Crippen LogP contribution in [-0.4, -0.2) is 5.75 Å². The van der Waals surface area contributed by atoms with Gasteiger partial charge in [0.05, 0.1) is 0 Å². The van der Waals surface area contributed by atoms with Crippen LogP contribution >= 0.6 is 11.8 Å². The highest BCUT2D eigenvalue weighted by Gasteiger charge is 2.35. The number of hydrogen-bond donors (Lipinski definition) is 0. The molecule has 3 aromatic rings. The number of benzene rings is 3. The molecule has 0 radical (unpaired) electrons. The maximum absolute atomic E-state index is 4.60. The Hall–Kier alpha value is -4.25. The van der Waals surface area contributed by atoms with E-state index in [1.54, 1.807) is 13.0 Å². The standard InChI is InChI=1S/C19H24.C13H14S.C12H14.C3H4/c1-7-9-17-15(8-2)16-12-14(13(3)4)10-11-18(16)19(17,5)6;1-3-4-7-11-9-14-13-10(2)6-5-8-12(11)13;1-4-5-8-12-9-6-7-10(2)11(12)3;1-3-2/h7-13H,2H2,1,3-6H3;3-8H,9H2,1-2H3;4-9H,1H2,2-3H3;1H,2H3/b9-7-;4-3-,11-7+;8-5-;. The molecule has 0 saturated carbocycles. The van der Waals surface area contributed by atoms with Gasteiger partial charge in [-0.1, -0.05) is 150 Å². The van der Waals surface area contributed by atoms with Crippen LogP contribution in [0.1, 0.15) is 98.9 Å². The van der Waals surface area contributed by atoms with Crippen molar-refractivity contribution in [1.82, 2.24) is 0 Å². The van der Waals surface area contributed by atoms with E-state index in [-0.39, 0.29) is 5.41 Å². The van der Waals surface area contributed by atoms with E-state index in [2.05, 4.69) is 179 Å². The van der Waals surface area contributed by atoms with Crippen molar-refractivity contribution in [3.05, 3.63) is 166 Å². The number of hydrogen-bond acceptors (Lipinski definition) is 1. The lowest BCUT2D eigenvalue weighted by atomic mass is 9.80. The molecule has 0 amide bonds. The van der Waals surface area contributed by atoms with Gasteiger partial charge in [-0.2, -0.15) is 0 Å². The molecule has 0 spiro atoms. The number of aryl methyl sites for hydroxylation is 2. The second-order valence-electron chi connectivity index (χ2n) is 12.7. The first-order valence-corrected chi connectivity index (χ1v) is 17.8. The molecule has 0 fully saturated rings. The lowest BCUT2D eigenvalue weighted by Crippen LogP contribution is -2.16. The van der Waals surface area contributed by atoms with Crippen LogP contribution < -0.4 is 0 Å². The van der Waals surface area contributed by atoms with E-state index >= 15 is 0 Å². The summed E-state index contributed by atoms with van der Waals surface area (Å²) in [6.07, 6.45) is 23.2. The van der Waals surface area contributed by atoms with Gasteiger partial charge in [0.15, 0.2) is 0 Å². The zero-order chi connectivity index (χ0) is 35.9. The molecule has 0 bridgehead atoms. The fourth-order valence-corrected chi connectivity index (χ4v) is 7.00. The molecule has 3 aromatic carbocycles. The summed E-state index contributed by atoms with van der Waals surface area (Å²) in [5.41, 5.74) is 15.1. The number of thioether (sulfide) groups is 1. The summed E-state index contributed by atoms with van der Waals surface area (Å²) < 4.78 is 0. The Kier molecular flexibility index (Phi) is 16.3. The van der Waals surface area contributed by atoms with Gasteiger partial charge in [-0.15, -0.1) is 24.1 Å². The zero-order valence-corrected chi connectivity index (χ0v) is 31.9.